The Morgan fingerprint density at radius 3 is 2.79 bits per heavy atom. The highest BCUT2D eigenvalue weighted by Crippen LogP contribution is 2.27. The lowest BCUT2D eigenvalue weighted by Gasteiger charge is -2.26. The van der Waals surface area contributed by atoms with E-state index in [2.05, 4.69) is 11.4 Å². The highest BCUT2D eigenvalue weighted by atomic mass is 35.5. The summed E-state index contributed by atoms with van der Waals surface area (Å²) in [7, 11) is 1.81. The van der Waals surface area contributed by atoms with E-state index < -0.39 is 0 Å². The summed E-state index contributed by atoms with van der Waals surface area (Å²) >= 11 is 6.03. The van der Waals surface area contributed by atoms with Crippen LogP contribution in [-0.4, -0.2) is 25.4 Å². The van der Waals surface area contributed by atoms with E-state index in [1.54, 1.807) is 29.2 Å². The van der Waals surface area contributed by atoms with Crippen LogP contribution in [0.2, 0.25) is 5.02 Å². The molecule has 0 saturated carbocycles. The average Bonchev–Trinajstić information content (AvgIpc) is 2.58. The maximum absolute atomic E-state index is 12.1. The van der Waals surface area contributed by atoms with Crippen molar-refractivity contribution in [2.45, 2.75) is 19.3 Å². The quantitative estimate of drug-likeness (QED) is 0.927. The summed E-state index contributed by atoms with van der Waals surface area (Å²) in [5.41, 5.74) is 3.81. The van der Waals surface area contributed by atoms with Crippen molar-refractivity contribution in [2.24, 2.45) is 0 Å². The number of hydrogen-bond donors (Lipinski definition) is 1. The van der Waals surface area contributed by atoms with Crippen LogP contribution in [-0.2, 0) is 17.6 Å². The predicted molar refractivity (Wildman–Crippen MR) is 95.7 cm³/mol. The van der Waals surface area contributed by atoms with Crippen molar-refractivity contribution in [3.63, 3.8) is 0 Å². The molecule has 4 nitrogen and oxygen atoms in total. The smallest absolute Gasteiger partial charge is 0.252 e. The zero-order chi connectivity index (χ0) is 17.1. The first kappa shape index (κ1) is 16.5. The van der Waals surface area contributed by atoms with Crippen LogP contribution in [0.5, 0.6) is 0 Å². The van der Waals surface area contributed by atoms with Crippen LogP contribution in [0, 0.1) is 0 Å². The van der Waals surface area contributed by atoms with Gasteiger partial charge in [-0.3, -0.25) is 9.59 Å². The van der Waals surface area contributed by atoms with Crippen molar-refractivity contribution in [1.82, 2.24) is 5.32 Å². The molecule has 2 amide bonds. The van der Waals surface area contributed by atoms with Crippen molar-refractivity contribution in [2.75, 3.05) is 18.5 Å². The summed E-state index contributed by atoms with van der Waals surface area (Å²) in [5, 5.41) is 3.35. The largest absolute Gasteiger partial charge is 0.352 e. The molecule has 1 N–H and O–H groups in total. The molecule has 124 valence electrons. The Morgan fingerprint density at radius 1 is 1.21 bits per heavy atom. The molecule has 0 bridgehead atoms. The molecule has 1 heterocycles. The maximum atomic E-state index is 12.1. The summed E-state index contributed by atoms with van der Waals surface area (Å²) in [6, 6.07) is 13.1. The van der Waals surface area contributed by atoms with Gasteiger partial charge in [0.25, 0.3) is 5.91 Å². The first-order chi connectivity index (χ1) is 11.6. The van der Waals surface area contributed by atoms with Gasteiger partial charge in [0, 0.05) is 25.7 Å². The molecule has 0 aromatic heterocycles. The standard InChI is InChI=1S/C19H19ClN2O2/c1-22-17-8-6-13(12-14(17)7-9-18(22)23)10-11-21-19(24)15-4-2-3-5-16(15)20/h2-6,8,12H,7,9-11H2,1H3,(H,21,24). The van der Waals surface area contributed by atoms with E-state index in [1.165, 1.54) is 5.56 Å². The molecular formula is C19H19ClN2O2. The summed E-state index contributed by atoms with van der Waals surface area (Å²) in [6.45, 7) is 0.539. The second kappa shape index (κ2) is 7.05. The zero-order valence-corrected chi connectivity index (χ0v) is 14.3. The molecule has 0 atom stereocenters. The Hall–Kier alpha value is -2.33. The second-order valence-corrected chi connectivity index (χ2v) is 6.31. The molecule has 0 fully saturated rings. The number of fused-ring (bicyclic) bond motifs is 1. The second-order valence-electron chi connectivity index (χ2n) is 5.90. The highest BCUT2D eigenvalue weighted by Gasteiger charge is 2.20. The van der Waals surface area contributed by atoms with Gasteiger partial charge in [-0.2, -0.15) is 0 Å². The Bertz CT molecular complexity index is 789. The lowest BCUT2D eigenvalue weighted by atomic mass is 9.98. The number of aryl methyl sites for hydroxylation is 1. The predicted octanol–water partition coefficient (Wildman–Crippen LogP) is 3.22. The number of amides is 2. The number of carbonyl (C=O) groups excluding carboxylic acids is 2. The first-order valence-electron chi connectivity index (χ1n) is 7.97. The van der Waals surface area contributed by atoms with E-state index in [9.17, 15) is 9.59 Å². The zero-order valence-electron chi connectivity index (χ0n) is 13.5. The summed E-state index contributed by atoms with van der Waals surface area (Å²) in [5.74, 6) is -0.00820. The van der Waals surface area contributed by atoms with E-state index in [0.29, 0.717) is 23.6 Å². The van der Waals surface area contributed by atoms with E-state index in [1.807, 2.05) is 19.2 Å². The van der Waals surface area contributed by atoms with Gasteiger partial charge in [-0.05, 0) is 42.2 Å². The number of nitrogens with one attached hydrogen (secondary N) is 1. The number of nitrogens with zero attached hydrogens (tertiary/aromatic N) is 1. The number of anilines is 1. The van der Waals surface area contributed by atoms with Crippen molar-refractivity contribution in [3.8, 4) is 0 Å². The third-order valence-electron chi connectivity index (χ3n) is 4.31. The van der Waals surface area contributed by atoms with E-state index >= 15 is 0 Å². The lowest BCUT2D eigenvalue weighted by molar-refractivity contribution is -0.118. The lowest BCUT2D eigenvalue weighted by Crippen LogP contribution is -2.31. The maximum Gasteiger partial charge on any atom is 0.252 e. The van der Waals surface area contributed by atoms with Crippen LogP contribution < -0.4 is 10.2 Å². The molecule has 3 rings (SSSR count). The van der Waals surface area contributed by atoms with Crippen LogP contribution in [0.15, 0.2) is 42.5 Å². The molecule has 24 heavy (non-hydrogen) atoms. The van der Waals surface area contributed by atoms with Crippen molar-refractivity contribution in [1.29, 1.82) is 0 Å². The van der Waals surface area contributed by atoms with Gasteiger partial charge >= 0.3 is 0 Å². The minimum absolute atomic E-state index is 0.155. The first-order valence-corrected chi connectivity index (χ1v) is 8.35. The molecule has 0 spiro atoms. The monoisotopic (exact) mass is 342 g/mol. The number of halogens is 1. The molecule has 1 aliphatic rings. The van der Waals surface area contributed by atoms with Crippen molar-refractivity contribution >= 4 is 29.1 Å². The summed E-state index contributed by atoms with van der Waals surface area (Å²) in [4.78, 5) is 25.6. The van der Waals surface area contributed by atoms with Crippen LogP contribution >= 0.6 is 11.6 Å². The SMILES string of the molecule is CN1C(=O)CCc2cc(CCNC(=O)c3ccccc3Cl)ccc21. The molecule has 0 aliphatic carbocycles. The Kier molecular flexibility index (Phi) is 4.86. The molecule has 5 heteroatoms. The summed E-state index contributed by atoms with van der Waals surface area (Å²) in [6.07, 6.45) is 2.07. The fraction of sp³-hybridized carbons (Fsp3) is 0.263. The normalized spacial score (nSPS) is 13.6. The van der Waals surface area contributed by atoms with Gasteiger partial charge in [0.15, 0.2) is 0 Å². The molecule has 0 unspecified atom stereocenters. The van der Waals surface area contributed by atoms with Gasteiger partial charge in [0.05, 0.1) is 10.6 Å². The van der Waals surface area contributed by atoms with Gasteiger partial charge in [-0.15, -0.1) is 0 Å². The highest BCUT2D eigenvalue weighted by molar-refractivity contribution is 6.33. The number of hydrogen-bond acceptors (Lipinski definition) is 2. The number of carbonyl (C=O) groups is 2. The minimum Gasteiger partial charge on any atom is -0.352 e. The van der Waals surface area contributed by atoms with Crippen LogP contribution in [0.4, 0.5) is 5.69 Å². The topological polar surface area (TPSA) is 49.4 Å². The van der Waals surface area contributed by atoms with Gasteiger partial charge in [-0.25, -0.2) is 0 Å². The fourth-order valence-electron chi connectivity index (χ4n) is 2.93. The fourth-order valence-corrected chi connectivity index (χ4v) is 3.15. The van der Waals surface area contributed by atoms with Crippen LogP contribution in [0.3, 0.4) is 0 Å². The Balaban J connectivity index is 1.61. The van der Waals surface area contributed by atoms with Crippen molar-refractivity contribution < 1.29 is 9.59 Å². The molecule has 1 aliphatic heterocycles. The molecule has 0 radical (unpaired) electrons. The van der Waals surface area contributed by atoms with Crippen LogP contribution in [0.25, 0.3) is 0 Å². The number of rotatable bonds is 4. The third-order valence-corrected chi connectivity index (χ3v) is 4.63. The molecule has 2 aromatic carbocycles. The Labute approximate surface area is 146 Å². The number of benzene rings is 2. The summed E-state index contributed by atoms with van der Waals surface area (Å²) < 4.78 is 0. The van der Waals surface area contributed by atoms with Crippen molar-refractivity contribution in [3.05, 3.63) is 64.2 Å². The Morgan fingerprint density at radius 2 is 2.00 bits per heavy atom. The van der Waals surface area contributed by atoms with Gasteiger partial charge in [-0.1, -0.05) is 35.9 Å². The molecule has 0 saturated heterocycles. The van der Waals surface area contributed by atoms with E-state index in [-0.39, 0.29) is 11.8 Å². The van der Waals surface area contributed by atoms with E-state index in [4.69, 9.17) is 11.6 Å². The molecule has 2 aromatic rings. The van der Waals surface area contributed by atoms with Gasteiger partial charge in [0.1, 0.15) is 0 Å². The molecular weight excluding hydrogens is 324 g/mol. The van der Waals surface area contributed by atoms with Gasteiger partial charge in [0.2, 0.25) is 5.91 Å². The third kappa shape index (κ3) is 3.44. The van der Waals surface area contributed by atoms with Gasteiger partial charge < -0.3 is 10.2 Å². The van der Waals surface area contributed by atoms with E-state index in [0.717, 1.165) is 24.1 Å². The van der Waals surface area contributed by atoms with Crippen LogP contribution in [0.1, 0.15) is 27.9 Å². The average molecular weight is 343 g/mol. The minimum atomic E-state index is -0.163.